The number of anilines is 1. The van der Waals surface area contributed by atoms with Crippen LogP contribution in [-0.2, 0) is 10.0 Å². The van der Waals surface area contributed by atoms with Gasteiger partial charge in [0.1, 0.15) is 5.69 Å². The van der Waals surface area contributed by atoms with Gasteiger partial charge in [-0.15, -0.1) is 0 Å². The highest BCUT2D eigenvalue weighted by Gasteiger charge is 2.25. The number of hydrogen-bond donors (Lipinski definition) is 1. The summed E-state index contributed by atoms with van der Waals surface area (Å²) in [6, 6.07) is 7.42. The van der Waals surface area contributed by atoms with Crippen molar-refractivity contribution in [2.24, 2.45) is 0 Å². The molecule has 6 nitrogen and oxygen atoms in total. The van der Waals surface area contributed by atoms with Crippen LogP contribution in [0.3, 0.4) is 0 Å². The molecule has 2 heterocycles. The van der Waals surface area contributed by atoms with E-state index in [1.54, 1.807) is 26.1 Å². The van der Waals surface area contributed by atoms with E-state index in [1.165, 1.54) is 0 Å². The Hall–Kier alpha value is -2.41. The Balaban J connectivity index is 2.14. The maximum absolute atomic E-state index is 12.6. The number of aromatic nitrogens is 2. The predicted molar refractivity (Wildman–Crippen MR) is 83.3 cm³/mol. The van der Waals surface area contributed by atoms with Crippen LogP contribution in [0, 0.1) is 20.8 Å². The van der Waals surface area contributed by atoms with Crippen LogP contribution in [0.5, 0.6) is 0 Å². The van der Waals surface area contributed by atoms with Crippen molar-refractivity contribution in [2.45, 2.75) is 25.7 Å². The second-order valence-electron chi connectivity index (χ2n) is 5.15. The van der Waals surface area contributed by atoms with E-state index in [4.69, 9.17) is 4.52 Å². The Morgan fingerprint density at radius 3 is 2.64 bits per heavy atom. The number of nitrogens with zero attached hydrogens (tertiary/aromatic N) is 2. The van der Waals surface area contributed by atoms with Crippen LogP contribution in [0.15, 0.2) is 39.9 Å². The van der Waals surface area contributed by atoms with E-state index < -0.39 is 10.0 Å². The van der Waals surface area contributed by atoms with Gasteiger partial charge in [-0.1, -0.05) is 11.2 Å². The third-order valence-electron chi connectivity index (χ3n) is 3.33. The number of nitrogens with one attached hydrogen (secondary N) is 1. The molecule has 7 heteroatoms. The van der Waals surface area contributed by atoms with E-state index in [2.05, 4.69) is 14.9 Å². The van der Waals surface area contributed by atoms with Crippen LogP contribution in [0.25, 0.3) is 10.9 Å². The van der Waals surface area contributed by atoms with E-state index in [9.17, 15) is 8.42 Å². The predicted octanol–water partition coefficient (Wildman–Crippen LogP) is 2.95. The average Bonchev–Trinajstić information content (AvgIpc) is 2.78. The minimum atomic E-state index is -3.79. The van der Waals surface area contributed by atoms with Crippen molar-refractivity contribution in [1.82, 2.24) is 10.1 Å². The number of rotatable bonds is 3. The summed E-state index contributed by atoms with van der Waals surface area (Å²) in [5, 5.41) is 4.57. The van der Waals surface area contributed by atoms with Crippen molar-refractivity contribution < 1.29 is 12.9 Å². The molecule has 0 amide bonds. The molecule has 0 radical (unpaired) electrons. The third kappa shape index (κ3) is 2.43. The topological polar surface area (TPSA) is 85.1 Å². The molecule has 1 N–H and O–H groups in total. The molecule has 0 spiro atoms. The first-order chi connectivity index (χ1) is 10.4. The van der Waals surface area contributed by atoms with Crippen molar-refractivity contribution >= 4 is 26.6 Å². The monoisotopic (exact) mass is 317 g/mol. The molecule has 22 heavy (non-hydrogen) atoms. The summed E-state index contributed by atoms with van der Waals surface area (Å²) < 4.78 is 32.8. The van der Waals surface area contributed by atoms with Crippen molar-refractivity contribution in [3.8, 4) is 0 Å². The maximum Gasteiger partial charge on any atom is 0.267 e. The molecular formula is C15H15N3O3S. The Bertz CT molecular complexity index is 942. The van der Waals surface area contributed by atoms with E-state index in [-0.39, 0.29) is 10.7 Å². The normalized spacial score (nSPS) is 11.8. The van der Waals surface area contributed by atoms with Crippen LogP contribution < -0.4 is 4.72 Å². The molecule has 114 valence electrons. The third-order valence-corrected chi connectivity index (χ3v) is 4.94. The van der Waals surface area contributed by atoms with Gasteiger partial charge < -0.3 is 4.52 Å². The first-order valence-electron chi connectivity index (χ1n) is 6.69. The molecule has 2 aromatic heterocycles. The lowest BCUT2D eigenvalue weighted by atomic mass is 10.1. The molecule has 0 aliphatic heterocycles. The van der Waals surface area contributed by atoms with Gasteiger partial charge in [-0.3, -0.25) is 9.71 Å². The van der Waals surface area contributed by atoms with E-state index in [0.717, 1.165) is 10.9 Å². The lowest BCUT2D eigenvalue weighted by molar-refractivity contribution is 0.390. The van der Waals surface area contributed by atoms with Crippen LogP contribution in [-0.4, -0.2) is 18.6 Å². The van der Waals surface area contributed by atoms with Gasteiger partial charge in [0, 0.05) is 11.6 Å². The minimum absolute atomic E-state index is 0.0677. The SMILES string of the molecule is Cc1cc(NS(=O)(=O)c2c(C)noc2C)c2ncccc2c1. The molecule has 0 aliphatic carbocycles. The molecular weight excluding hydrogens is 302 g/mol. The zero-order chi connectivity index (χ0) is 15.9. The summed E-state index contributed by atoms with van der Waals surface area (Å²) in [6.45, 7) is 5.07. The van der Waals surface area contributed by atoms with E-state index in [1.807, 2.05) is 25.1 Å². The molecule has 0 saturated heterocycles. The number of aryl methyl sites for hydroxylation is 3. The number of fused-ring (bicyclic) bond motifs is 1. The standard InChI is InChI=1S/C15H15N3O3S/c1-9-7-12-5-4-6-16-14(12)13(8-9)18-22(19,20)15-10(2)17-21-11(15)3/h4-8,18H,1-3H3. The highest BCUT2D eigenvalue weighted by Crippen LogP contribution is 2.27. The van der Waals surface area contributed by atoms with Crippen LogP contribution >= 0.6 is 0 Å². The Morgan fingerprint density at radius 2 is 1.95 bits per heavy atom. The summed E-state index contributed by atoms with van der Waals surface area (Å²) >= 11 is 0. The van der Waals surface area contributed by atoms with Gasteiger partial charge in [0.2, 0.25) is 0 Å². The van der Waals surface area contributed by atoms with Crippen molar-refractivity contribution in [2.75, 3.05) is 4.72 Å². The highest BCUT2D eigenvalue weighted by atomic mass is 32.2. The van der Waals surface area contributed by atoms with Crippen LogP contribution in [0.1, 0.15) is 17.0 Å². The van der Waals surface area contributed by atoms with Gasteiger partial charge in [-0.25, -0.2) is 8.42 Å². The second kappa shape index (κ2) is 5.10. The molecule has 0 saturated carbocycles. The first kappa shape index (κ1) is 14.5. The number of sulfonamides is 1. The smallest absolute Gasteiger partial charge is 0.267 e. The van der Waals surface area contributed by atoms with Gasteiger partial charge in [-0.05, 0) is 44.5 Å². The largest absolute Gasteiger partial charge is 0.360 e. The van der Waals surface area contributed by atoms with Gasteiger partial charge in [-0.2, -0.15) is 0 Å². The Morgan fingerprint density at radius 1 is 1.18 bits per heavy atom. The fourth-order valence-corrected chi connectivity index (χ4v) is 3.86. The van der Waals surface area contributed by atoms with Crippen molar-refractivity contribution in [3.63, 3.8) is 0 Å². The maximum atomic E-state index is 12.6. The highest BCUT2D eigenvalue weighted by molar-refractivity contribution is 7.92. The second-order valence-corrected chi connectivity index (χ2v) is 6.77. The summed E-state index contributed by atoms with van der Waals surface area (Å²) in [5.74, 6) is 0.259. The zero-order valence-electron chi connectivity index (χ0n) is 12.4. The lowest BCUT2D eigenvalue weighted by Crippen LogP contribution is -2.15. The molecule has 0 aliphatic rings. The van der Waals surface area contributed by atoms with Crippen LogP contribution in [0.4, 0.5) is 5.69 Å². The fraction of sp³-hybridized carbons (Fsp3) is 0.200. The van der Waals surface area contributed by atoms with E-state index >= 15 is 0 Å². The van der Waals surface area contributed by atoms with Crippen molar-refractivity contribution in [3.05, 3.63) is 47.5 Å². The molecule has 3 rings (SSSR count). The van der Waals surface area contributed by atoms with Gasteiger partial charge in [0.05, 0.1) is 11.2 Å². The molecule has 3 aromatic rings. The minimum Gasteiger partial charge on any atom is -0.360 e. The van der Waals surface area contributed by atoms with Gasteiger partial charge in [0.15, 0.2) is 10.7 Å². The van der Waals surface area contributed by atoms with E-state index in [0.29, 0.717) is 16.9 Å². The fourth-order valence-electron chi connectivity index (χ4n) is 2.47. The summed E-state index contributed by atoms with van der Waals surface area (Å²) in [4.78, 5) is 4.33. The summed E-state index contributed by atoms with van der Waals surface area (Å²) in [5.41, 5.74) is 2.31. The molecule has 0 atom stereocenters. The summed E-state index contributed by atoms with van der Waals surface area (Å²) in [7, 11) is -3.79. The molecule has 0 unspecified atom stereocenters. The van der Waals surface area contributed by atoms with Crippen LogP contribution in [0.2, 0.25) is 0 Å². The van der Waals surface area contributed by atoms with Gasteiger partial charge >= 0.3 is 0 Å². The number of hydrogen-bond acceptors (Lipinski definition) is 5. The molecule has 0 fully saturated rings. The number of benzene rings is 1. The Labute approximate surface area is 128 Å². The summed E-state index contributed by atoms with van der Waals surface area (Å²) in [6.07, 6.45) is 1.63. The van der Waals surface area contributed by atoms with Crippen molar-refractivity contribution in [1.29, 1.82) is 0 Å². The molecule has 1 aromatic carbocycles. The number of pyridine rings is 1. The average molecular weight is 317 g/mol. The quantitative estimate of drug-likeness (QED) is 0.802. The molecule has 0 bridgehead atoms. The lowest BCUT2D eigenvalue weighted by Gasteiger charge is -2.11. The van der Waals surface area contributed by atoms with Gasteiger partial charge in [0.25, 0.3) is 10.0 Å². The first-order valence-corrected chi connectivity index (χ1v) is 8.18. The zero-order valence-corrected chi connectivity index (χ0v) is 13.2. The Kier molecular flexibility index (Phi) is 3.37.